The number of piperidine rings is 1. The molecule has 3 N–H and O–H groups in total. The van der Waals surface area contributed by atoms with Gasteiger partial charge in [0.25, 0.3) is 11.8 Å². The Morgan fingerprint density at radius 1 is 0.881 bits per heavy atom. The van der Waals surface area contributed by atoms with Crippen LogP contribution < -0.4 is 10.6 Å². The van der Waals surface area contributed by atoms with Crippen molar-refractivity contribution in [3.8, 4) is 0 Å². The summed E-state index contributed by atoms with van der Waals surface area (Å²) in [6, 6.07) is 5.88. The van der Waals surface area contributed by atoms with Crippen LogP contribution in [0.5, 0.6) is 0 Å². The number of carboxylic acid groups (broad SMARTS) is 1. The van der Waals surface area contributed by atoms with E-state index in [0.29, 0.717) is 58.0 Å². The standard InChI is InChI=1S/C50H76N6O11/c1-10-33(4)44(38(66-8)31-42(60)54-28-19-22-37(54)45(67-9)34(5)46(61)51-36(48(63)64)30-35-20-13-11-14-21-35)53(7)47(62)43(32(2)3)52-49(65)50(6)26-16-18-29-56(50)41(59)23-15-12-17-27-55-39(57)24-25-40(55)58/h11,13-14,20-21,24-25,32-34,36-38,43-45H,10,12,15-19,22-23,26-31H2,1-9H3,(H,51,61)(H,52,65)(H,63,64). The molecule has 0 saturated carbocycles. The number of rotatable bonds is 25. The SMILES string of the molecule is CCC(C)C(C(CC(=O)N1CCCC1C(OC)C(C)C(=O)NC(Cc1ccccc1)C(=O)O)OC)N(C)C(=O)C(NC(=O)C1(C)CCCCN1C(=O)CCCCCN1C(=O)C=CC1=O)C(C)C. The molecule has 0 bridgehead atoms. The molecule has 1 aromatic carbocycles. The summed E-state index contributed by atoms with van der Waals surface area (Å²) in [4.78, 5) is 113. The minimum atomic E-state index is -1.19. The predicted molar refractivity (Wildman–Crippen MR) is 251 cm³/mol. The quantitative estimate of drug-likeness (QED) is 0.0938. The molecule has 17 nitrogen and oxygen atoms in total. The van der Waals surface area contributed by atoms with E-state index in [0.717, 1.165) is 18.4 Å². The summed E-state index contributed by atoms with van der Waals surface area (Å²) in [6.07, 6.45) is 6.76. The summed E-state index contributed by atoms with van der Waals surface area (Å²) in [5.74, 6) is -4.75. The molecule has 0 aliphatic carbocycles. The topological polar surface area (TPSA) is 212 Å². The van der Waals surface area contributed by atoms with E-state index >= 15 is 0 Å². The molecule has 1 aromatic rings. The third kappa shape index (κ3) is 13.7. The van der Waals surface area contributed by atoms with Gasteiger partial charge < -0.3 is 39.9 Å². The molecule has 67 heavy (non-hydrogen) atoms. The van der Waals surface area contributed by atoms with Gasteiger partial charge in [0.05, 0.1) is 36.6 Å². The zero-order chi connectivity index (χ0) is 49.6. The van der Waals surface area contributed by atoms with Gasteiger partial charge in [0, 0.05) is 65.9 Å². The lowest BCUT2D eigenvalue weighted by Gasteiger charge is -2.45. The zero-order valence-electron chi connectivity index (χ0n) is 41.2. The van der Waals surface area contributed by atoms with Crippen LogP contribution in [-0.2, 0) is 54.3 Å². The number of hydrogen-bond donors (Lipinski definition) is 3. The predicted octanol–water partition coefficient (Wildman–Crippen LogP) is 4.12. The molecular formula is C50H76N6O11. The third-order valence-electron chi connectivity index (χ3n) is 14.2. The molecule has 0 radical (unpaired) electrons. The lowest BCUT2D eigenvalue weighted by Crippen LogP contribution is -2.65. The summed E-state index contributed by atoms with van der Waals surface area (Å²) < 4.78 is 12.0. The molecule has 9 unspecified atom stereocenters. The van der Waals surface area contributed by atoms with Crippen LogP contribution in [-0.4, -0.2) is 155 Å². The van der Waals surface area contributed by atoms with E-state index in [-0.39, 0.29) is 67.2 Å². The van der Waals surface area contributed by atoms with Gasteiger partial charge in [-0.3, -0.25) is 38.5 Å². The molecule has 0 spiro atoms. The number of carbonyl (C=O) groups excluding carboxylic acids is 7. The lowest BCUT2D eigenvalue weighted by molar-refractivity contribution is -0.153. The fourth-order valence-corrected chi connectivity index (χ4v) is 9.96. The fourth-order valence-electron chi connectivity index (χ4n) is 9.96. The van der Waals surface area contributed by atoms with Gasteiger partial charge in [-0.05, 0) is 69.3 Å². The molecule has 0 aromatic heterocycles. The number of likely N-dealkylation sites (N-methyl/N-ethyl adjacent to an activating group) is 1. The van der Waals surface area contributed by atoms with Crippen LogP contribution >= 0.6 is 0 Å². The average Bonchev–Trinajstić information content (AvgIpc) is 3.92. The van der Waals surface area contributed by atoms with Gasteiger partial charge in [-0.1, -0.05) is 77.8 Å². The number of carbonyl (C=O) groups is 8. The van der Waals surface area contributed by atoms with Crippen molar-refractivity contribution in [1.82, 2.24) is 30.2 Å². The number of likely N-dealkylation sites (tertiary alicyclic amines) is 2. The van der Waals surface area contributed by atoms with Crippen LogP contribution in [0.4, 0.5) is 0 Å². The third-order valence-corrected chi connectivity index (χ3v) is 14.2. The van der Waals surface area contributed by atoms with Crippen molar-refractivity contribution in [2.75, 3.05) is 40.9 Å². The maximum Gasteiger partial charge on any atom is 0.326 e. The number of aliphatic carboxylic acids is 1. The number of ether oxygens (including phenoxy) is 2. The number of nitrogens with zero attached hydrogens (tertiary/aromatic N) is 4. The summed E-state index contributed by atoms with van der Waals surface area (Å²) in [6.45, 7) is 12.2. The van der Waals surface area contributed by atoms with Crippen LogP contribution in [0, 0.1) is 17.8 Å². The van der Waals surface area contributed by atoms with Gasteiger partial charge in [-0.25, -0.2) is 4.79 Å². The van der Waals surface area contributed by atoms with Gasteiger partial charge in [0.2, 0.25) is 29.5 Å². The molecule has 3 aliphatic heterocycles. The van der Waals surface area contributed by atoms with Crippen molar-refractivity contribution < 1.29 is 52.9 Å². The maximum absolute atomic E-state index is 14.7. The minimum absolute atomic E-state index is 0.0750. The van der Waals surface area contributed by atoms with Crippen LogP contribution in [0.3, 0.4) is 0 Å². The number of benzene rings is 1. The van der Waals surface area contributed by atoms with E-state index < -0.39 is 65.6 Å². The average molecular weight is 937 g/mol. The highest BCUT2D eigenvalue weighted by atomic mass is 16.5. The zero-order valence-corrected chi connectivity index (χ0v) is 41.2. The molecule has 9 atom stereocenters. The second kappa shape index (κ2) is 25.3. The molecule has 17 heteroatoms. The van der Waals surface area contributed by atoms with Gasteiger partial charge in [0.15, 0.2) is 0 Å². The Labute approximate surface area is 396 Å². The van der Waals surface area contributed by atoms with Gasteiger partial charge in [0.1, 0.15) is 17.6 Å². The van der Waals surface area contributed by atoms with Crippen LogP contribution in [0.25, 0.3) is 0 Å². The van der Waals surface area contributed by atoms with Crippen molar-refractivity contribution in [2.24, 2.45) is 17.8 Å². The van der Waals surface area contributed by atoms with Crippen molar-refractivity contribution in [1.29, 1.82) is 0 Å². The molecule has 2 fully saturated rings. The Balaban J connectivity index is 1.43. The van der Waals surface area contributed by atoms with Crippen molar-refractivity contribution in [3.05, 3.63) is 48.0 Å². The first-order chi connectivity index (χ1) is 31.8. The van der Waals surface area contributed by atoms with E-state index in [1.807, 2.05) is 33.8 Å². The number of methoxy groups -OCH3 is 2. The highest BCUT2D eigenvalue weighted by molar-refractivity contribution is 6.12. The summed E-state index contributed by atoms with van der Waals surface area (Å²) in [7, 11) is 4.66. The highest BCUT2D eigenvalue weighted by Crippen LogP contribution is 2.32. The number of nitrogens with one attached hydrogen (secondary N) is 2. The smallest absolute Gasteiger partial charge is 0.326 e. The Kier molecular flexibility index (Phi) is 20.5. The lowest BCUT2D eigenvalue weighted by atomic mass is 9.86. The number of unbranched alkanes of at least 4 members (excludes halogenated alkanes) is 2. The molecular weight excluding hydrogens is 861 g/mol. The Bertz CT molecular complexity index is 1910. The highest BCUT2D eigenvalue weighted by Gasteiger charge is 2.47. The number of imide groups is 1. The van der Waals surface area contributed by atoms with E-state index in [1.54, 1.807) is 59.9 Å². The Hall–Kier alpha value is -5.16. The minimum Gasteiger partial charge on any atom is -0.480 e. The Morgan fingerprint density at radius 3 is 2.15 bits per heavy atom. The van der Waals surface area contributed by atoms with Crippen LogP contribution in [0.15, 0.2) is 42.5 Å². The van der Waals surface area contributed by atoms with Crippen LogP contribution in [0.1, 0.15) is 118 Å². The van der Waals surface area contributed by atoms with Gasteiger partial charge >= 0.3 is 5.97 Å². The van der Waals surface area contributed by atoms with E-state index in [2.05, 4.69) is 10.6 Å². The number of hydrogen-bond acceptors (Lipinski definition) is 10. The fraction of sp³-hybridized carbons (Fsp3) is 0.680. The normalized spacial score (nSPS) is 21.6. The largest absolute Gasteiger partial charge is 0.480 e. The second-order valence-electron chi connectivity index (χ2n) is 19.1. The molecule has 7 amide bonds. The first-order valence-electron chi connectivity index (χ1n) is 24.1. The molecule has 3 heterocycles. The molecule has 3 aliphatic rings. The van der Waals surface area contributed by atoms with Crippen molar-refractivity contribution in [2.45, 2.75) is 161 Å². The summed E-state index contributed by atoms with van der Waals surface area (Å²) in [5.41, 5.74) is -0.426. The number of carboxylic acids is 1. The van der Waals surface area contributed by atoms with E-state index in [1.165, 1.54) is 31.3 Å². The first kappa shape index (κ1) is 54.4. The summed E-state index contributed by atoms with van der Waals surface area (Å²) >= 11 is 0. The van der Waals surface area contributed by atoms with Crippen molar-refractivity contribution in [3.63, 3.8) is 0 Å². The van der Waals surface area contributed by atoms with Crippen molar-refractivity contribution >= 4 is 47.3 Å². The van der Waals surface area contributed by atoms with Gasteiger partial charge in [-0.15, -0.1) is 0 Å². The van der Waals surface area contributed by atoms with E-state index in [9.17, 15) is 43.5 Å². The summed E-state index contributed by atoms with van der Waals surface area (Å²) in [5, 5.41) is 15.7. The van der Waals surface area contributed by atoms with Gasteiger partial charge in [-0.2, -0.15) is 0 Å². The molecule has 2 saturated heterocycles. The first-order valence-corrected chi connectivity index (χ1v) is 24.1. The van der Waals surface area contributed by atoms with Crippen LogP contribution in [0.2, 0.25) is 0 Å². The second-order valence-corrected chi connectivity index (χ2v) is 19.1. The maximum atomic E-state index is 14.7. The molecule has 372 valence electrons. The van der Waals surface area contributed by atoms with E-state index in [4.69, 9.17) is 9.47 Å². The Morgan fingerprint density at radius 2 is 1.55 bits per heavy atom. The monoisotopic (exact) mass is 937 g/mol. The molecule has 4 rings (SSSR count). The number of amides is 7.